The molecule has 0 heterocycles. The van der Waals surface area contributed by atoms with E-state index in [2.05, 4.69) is 5.32 Å². The summed E-state index contributed by atoms with van der Waals surface area (Å²) < 4.78 is 27.4. The van der Waals surface area contributed by atoms with Crippen LogP contribution in [0.3, 0.4) is 0 Å². The van der Waals surface area contributed by atoms with Gasteiger partial charge in [-0.3, -0.25) is 8.98 Å². The van der Waals surface area contributed by atoms with E-state index < -0.39 is 10.1 Å². The van der Waals surface area contributed by atoms with Gasteiger partial charge in [0.2, 0.25) is 0 Å². The molecule has 1 N–H and O–H groups in total. The molecule has 1 aliphatic rings. The molecule has 2 aromatic carbocycles. The van der Waals surface area contributed by atoms with Crippen molar-refractivity contribution in [1.29, 1.82) is 0 Å². The average molecular weight is 359 g/mol. The number of amides is 1. The highest BCUT2D eigenvalue weighted by Crippen LogP contribution is 2.24. The van der Waals surface area contributed by atoms with Crippen LogP contribution in [0.5, 0.6) is 0 Å². The van der Waals surface area contributed by atoms with Crippen molar-refractivity contribution in [1.82, 2.24) is 5.32 Å². The summed E-state index contributed by atoms with van der Waals surface area (Å²) in [7, 11) is -3.46. The summed E-state index contributed by atoms with van der Waals surface area (Å²) in [4.78, 5) is 12.4. The summed E-state index contributed by atoms with van der Waals surface area (Å²) in [5.41, 5.74) is 2.75. The van der Waals surface area contributed by atoms with Crippen LogP contribution in [-0.4, -0.2) is 32.7 Å². The molecular weight excluding hydrogens is 338 g/mol. The molecule has 0 aliphatic heterocycles. The maximum Gasteiger partial charge on any atom is 0.264 e. The van der Waals surface area contributed by atoms with Crippen LogP contribution >= 0.6 is 0 Å². The smallest absolute Gasteiger partial charge is 0.264 e. The molecular formula is C19H21NO4S. The highest BCUT2D eigenvalue weighted by atomic mass is 32.2. The monoisotopic (exact) mass is 359 g/mol. The van der Waals surface area contributed by atoms with E-state index in [0.29, 0.717) is 24.8 Å². The Labute approximate surface area is 148 Å². The molecule has 0 radical (unpaired) electrons. The molecule has 1 fully saturated rings. The Bertz CT molecular complexity index is 831. The highest BCUT2D eigenvalue weighted by molar-refractivity contribution is 7.86. The Morgan fingerprint density at radius 3 is 2.28 bits per heavy atom. The van der Waals surface area contributed by atoms with Crippen molar-refractivity contribution in [2.45, 2.75) is 31.4 Å². The molecule has 132 valence electrons. The Kier molecular flexibility index (Phi) is 5.20. The number of carbonyl (C=O) groups is 1. The third kappa shape index (κ3) is 4.90. The summed E-state index contributed by atoms with van der Waals surface area (Å²) in [5.74, 6) is -0.149. The first-order valence-corrected chi connectivity index (χ1v) is 10.1. The van der Waals surface area contributed by atoms with Gasteiger partial charge < -0.3 is 5.32 Å². The molecule has 3 rings (SSSR count). The van der Waals surface area contributed by atoms with Crippen molar-refractivity contribution in [3.63, 3.8) is 0 Å². The standard InChI is InChI=1S/C19H21NO4S/c1-25(22,23)24-18-12-11-17(13-18)20-19(21)16-9-7-15(8-10-16)14-5-3-2-4-6-14/h2-10,17-18H,11-13H2,1H3,(H,20,21)/t17-,18-/m1/s1. The second kappa shape index (κ2) is 7.37. The van der Waals surface area contributed by atoms with Gasteiger partial charge in [-0.05, 0) is 42.5 Å². The number of carbonyl (C=O) groups excluding carboxylic acids is 1. The van der Waals surface area contributed by atoms with E-state index >= 15 is 0 Å². The third-order valence-corrected chi connectivity index (χ3v) is 4.91. The van der Waals surface area contributed by atoms with Gasteiger partial charge >= 0.3 is 0 Å². The third-order valence-electron chi connectivity index (χ3n) is 4.28. The van der Waals surface area contributed by atoms with E-state index in [0.717, 1.165) is 17.4 Å². The lowest BCUT2D eigenvalue weighted by atomic mass is 10.0. The minimum atomic E-state index is -3.46. The van der Waals surface area contributed by atoms with Gasteiger partial charge in [-0.25, -0.2) is 0 Å². The lowest BCUT2D eigenvalue weighted by Crippen LogP contribution is -2.33. The first kappa shape index (κ1) is 17.6. The van der Waals surface area contributed by atoms with Crippen LogP contribution in [0.1, 0.15) is 29.6 Å². The molecule has 25 heavy (non-hydrogen) atoms. The molecule has 2 aromatic rings. The first-order valence-electron chi connectivity index (χ1n) is 8.25. The number of hydrogen-bond donors (Lipinski definition) is 1. The Balaban J connectivity index is 1.59. The minimum Gasteiger partial charge on any atom is -0.349 e. The summed E-state index contributed by atoms with van der Waals surface area (Å²) in [6.45, 7) is 0. The zero-order valence-corrected chi connectivity index (χ0v) is 14.8. The molecule has 0 unspecified atom stereocenters. The average Bonchev–Trinajstić information content (AvgIpc) is 3.00. The van der Waals surface area contributed by atoms with E-state index in [1.807, 2.05) is 42.5 Å². The van der Waals surface area contributed by atoms with E-state index in [1.165, 1.54) is 0 Å². The van der Waals surface area contributed by atoms with E-state index in [4.69, 9.17) is 4.18 Å². The van der Waals surface area contributed by atoms with Crippen molar-refractivity contribution < 1.29 is 17.4 Å². The summed E-state index contributed by atoms with van der Waals surface area (Å²) in [6, 6.07) is 17.4. The van der Waals surface area contributed by atoms with E-state index in [1.54, 1.807) is 12.1 Å². The van der Waals surface area contributed by atoms with Crippen LogP contribution in [-0.2, 0) is 14.3 Å². The molecule has 1 amide bonds. The maximum absolute atomic E-state index is 12.4. The zero-order chi connectivity index (χ0) is 17.9. The first-order chi connectivity index (χ1) is 11.9. The lowest BCUT2D eigenvalue weighted by Gasteiger charge is -2.13. The van der Waals surface area contributed by atoms with Gasteiger partial charge in [-0.2, -0.15) is 8.42 Å². The van der Waals surface area contributed by atoms with Crippen LogP contribution < -0.4 is 5.32 Å². The van der Waals surface area contributed by atoms with Crippen LogP contribution in [0.25, 0.3) is 11.1 Å². The van der Waals surface area contributed by atoms with Gasteiger partial charge in [-0.15, -0.1) is 0 Å². The molecule has 0 spiro atoms. The van der Waals surface area contributed by atoms with Gasteiger partial charge in [0.05, 0.1) is 12.4 Å². The predicted molar refractivity (Wildman–Crippen MR) is 96.7 cm³/mol. The minimum absolute atomic E-state index is 0.0620. The van der Waals surface area contributed by atoms with E-state index in [9.17, 15) is 13.2 Å². The highest BCUT2D eigenvalue weighted by Gasteiger charge is 2.29. The molecule has 5 nitrogen and oxygen atoms in total. The summed E-state index contributed by atoms with van der Waals surface area (Å²) in [5, 5.41) is 2.96. The van der Waals surface area contributed by atoms with Crippen molar-refractivity contribution in [2.24, 2.45) is 0 Å². The fraction of sp³-hybridized carbons (Fsp3) is 0.316. The molecule has 1 saturated carbocycles. The predicted octanol–water partition coefficient (Wildman–Crippen LogP) is 2.98. The zero-order valence-electron chi connectivity index (χ0n) is 14.0. The summed E-state index contributed by atoms with van der Waals surface area (Å²) in [6.07, 6.45) is 2.56. The SMILES string of the molecule is CS(=O)(=O)O[C@@H]1CC[C@@H](NC(=O)c2ccc(-c3ccccc3)cc2)C1. The number of rotatable bonds is 5. The lowest BCUT2D eigenvalue weighted by molar-refractivity contribution is 0.0935. The Hall–Kier alpha value is -2.18. The van der Waals surface area contributed by atoms with Crippen molar-refractivity contribution in [2.75, 3.05) is 6.26 Å². The topological polar surface area (TPSA) is 72.5 Å². The van der Waals surface area contributed by atoms with Crippen LogP contribution in [0, 0.1) is 0 Å². The van der Waals surface area contributed by atoms with Crippen molar-refractivity contribution >= 4 is 16.0 Å². The quantitative estimate of drug-likeness (QED) is 0.833. The molecule has 0 bridgehead atoms. The number of nitrogens with one attached hydrogen (secondary N) is 1. The summed E-state index contributed by atoms with van der Waals surface area (Å²) >= 11 is 0. The number of benzene rings is 2. The van der Waals surface area contributed by atoms with Gasteiger partial charge in [0.1, 0.15) is 0 Å². The van der Waals surface area contributed by atoms with Crippen LogP contribution in [0.4, 0.5) is 0 Å². The van der Waals surface area contributed by atoms with Gasteiger partial charge in [0.15, 0.2) is 0 Å². The molecule has 0 saturated heterocycles. The largest absolute Gasteiger partial charge is 0.349 e. The maximum atomic E-state index is 12.4. The van der Waals surface area contributed by atoms with E-state index in [-0.39, 0.29) is 18.1 Å². The molecule has 2 atom stereocenters. The van der Waals surface area contributed by atoms with Crippen molar-refractivity contribution in [3.8, 4) is 11.1 Å². The fourth-order valence-electron chi connectivity index (χ4n) is 3.12. The molecule has 6 heteroatoms. The Morgan fingerprint density at radius 1 is 1.00 bits per heavy atom. The molecule has 1 aliphatic carbocycles. The second-order valence-electron chi connectivity index (χ2n) is 6.35. The van der Waals surface area contributed by atoms with Gasteiger partial charge in [0.25, 0.3) is 16.0 Å². The van der Waals surface area contributed by atoms with Gasteiger partial charge in [0, 0.05) is 11.6 Å². The normalized spacial score (nSPS) is 20.4. The number of hydrogen-bond acceptors (Lipinski definition) is 4. The van der Waals surface area contributed by atoms with Crippen molar-refractivity contribution in [3.05, 3.63) is 60.2 Å². The van der Waals surface area contributed by atoms with Crippen LogP contribution in [0.2, 0.25) is 0 Å². The second-order valence-corrected chi connectivity index (χ2v) is 7.95. The van der Waals surface area contributed by atoms with Crippen LogP contribution in [0.15, 0.2) is 54.6 Å². The fourth-order valence-corrected chi connectivity index (χ4v) is 3.79. The molecule has 0 aromatic heterocycles. The Morgan fingerprint density at radius 2 is 1.64 bits per heavy atom. The van der Waals surface area contributed by atoms with Gasteiger partial charge in [-0.1, -0.05) is 42.5 Å².